The van der Waals surface area contributed by atoms with Crippen LogP contribution in [0.1, 0.15) is 13.3 Å². The maximum absolute atomic E-state index is 10.9. The number of hydrogen-bond donors (Lipinski definition) is 1. The Bertz CT molecular complexity index is 380. The summed E-state index contributed by atoms with van der Waals surface area (Å²) in [6, 6.07) is 5.29. The van der Waals surface area contributed by atoms with Crippen molar-refractivity contribution in [3.8, 4) is 0 Å². The summed E-state index contributed by atoms with van der Waals surface area (Å²) in [4.78, 5) is 21.6. The van der Waals surface area contributed by atoms with E-state index in [1.165, 1.54) is 0 Å². The largest absolute Gasteiger partial charge is 0.480 e. The van der Waals surface area contributed by atoms with Gasteiger partial charge in [-0.25, -0.2) is 9.80 Å². The van der Waals surface area contributed by atoms with Gasteiger partial charge in [0.2, 0.25) is 0 Å². The molecule has 1 atom stereocenters. The van der Waals surface area contributed by atoms with Gasteiger partial charge in [-0.1, -0.05) is 18.5 Å². The third-order valence-electron chi connectivity index (χ3n) is 2.15. The minimum atomic E-state index is -1.09. The Labute approximate surface area is 97.6 Å². The summed E-state index contributed by atoms with van der Waals surface area (Å²) in [5.41, 5.74) is 0.411. The van der Waals surface area contributed by atoms with Gasteiger partial charge in [0.25, 0.3) is 0 Å². The predicted octanol–water partition coefficient (Wildman–Crippen LogP) is 2.69. The van der Waals surface area contributed by atoms with Crippen LogP contribution in [0.2, 0.25) is 5.02 Å². The van der Waals surface area contributed by atoms with Gasteiger partial charge in [-0.15, -0.1) is 4.91 Å². The van der Waals surface area contributed by atoms with Crippen LogP contribution in [-0.4, -0.2) is 17.1 Å². The van der Waals surface area contributed by atoms with E-state index in [1.54, 1.807) is 31.2 Å². The van der Waals surface area contributed by atoms with E-state index in [2.05, 4.69) is 5.29 Å². The zero-order valence-corrected chi connectivity index (χ0v) is 9.39. The van der Waals surface area contributed by atoms with Crippen molar-refractivity contribution in [1.29, 1.82) is 0 Å². The van der Waals surface area contributed by atoms with Crippen molar-refractivity contribution >= 4 is 23.3 Å². The maximum atomic E-state index is 10.9. The van der Waals surface area contributed by atoms with Crippen LogP contribution < -0.4 is 5.01 Å². The quantitative estimate of drug-likeness (QED) is 0.637. The number of carboxylic acid groups (broad SMARTS) is 1. The zero-order chi connectivity index (χ0) is 12.1. The Morgan fingerprint density at radius 3 is 2.44 bits per heavy atom. The number of carbonyl (C=O) groups is 1. The topological polar surface area (TPSA) is 70.0 Å². The molecule has 1 aromatic rings. The molecule has 1 aromatic carbocycles. The normalized spacial score (nSPS) is 11.9. The summed E-state index contributed by atoms with van der Waals surface area (Å²) in [6.07, 6.45) is 0.281. The van der Waals surface area contributed by atoms with Crippen molar-refractivity contribution in [3.63, 3.8) is 0 Å². The van der Waals surface area contributed by atoms with E-state index in [1.807, 2.05) is 0 Å². The highest BCUT2D eigenvalue weighted by Crippen LogP contribution is 2.21. The molecule has 16 heavy (non-hydrogen) atoms. The highest BCUT2D eigenvalue weighted by molar-refractivity contribution is 6.30. The van der Waals surface area contributed by atoms with E-state index < -0.39 is 12.0 Å². The first-order valence-electron chi connectivity index (χ1n) is 4.71. The van der Waals surface area contributed by atoms with Crippen LogP contribution in [0.15, 0.2) is 29.6 Å². The molecular formula is C10H11ClN2O3. The molecule has 0 aliphatic heterocycles. The lowest BCUT2D eigenvalue weighted by Crippen LogP contribution is -2.36. The average Bonchev–Trinajstić information content (AvgIpc) is 2.26. The first kappa shape index (κ1) is 12.4. The van der Waals surface area contributed by atoms with Gasteiger partial charge < -0.3 is 5.11 Å². The molecule has 0 amide bonds. The molecule has 6 heteroatoms. The number of anilines is 1. The van der Waals surface area contributed by atoms with Gasteiger partial charge in [0, 0.05) is 5.02 Å². The van der Waals surface area contributed by atoms with Crippen molar-refractivity contribution in [3.05, 3.63) is 34.2 Å². The Hall–Kier alpha value is -1.62. The molecule has 0 aromatic heterocycles. The number of rotatable bonds is 5. The standard InChI is InChI=1S/C10H11ClN2O3/c1-2-9(10(14)15)13(12-16)8-5-3-7(11)4-6-8/h3-6,9H,2H2,1H3,(H,14,15). The fraction of sp³-hybridized carbons (Fsp3) is 0.300. The van der Waals surface area contributed by atoms with Gasteiger partial charge in [0.05, 0.1) is 11.0 Å². The third kappa shape index (κ3) is 2.70. The molecule has 0 fully saturated rings. The number of benzene rings is 1. The predicted molar refractivity (Wildman–Crippen MR) is 61.4 cm³/mol. The maximum Gasteiger partial charge on any atom is 0.328 e. The molecule has 5 nitrogen and oxygen atoms in total. The van der Waals surface area contributed by atoms with Crippen LogP contribution in [0.5, 0.6) is 0 Å². The van der Waals surface area contributed by atoms with E-state index in [0.717, 1.165) is 5.01 Å². The lowest BCUT2D eigenvalue weighted by Gasteiger charge is -2.21. The number of nitrogens with zero attached hydrogens (tertiary/aromatic N) is 2. The summed E-state index contributed by atoms with van der Waals surface area (Å²) < 4.78 is 0. The number of aliphatic carboxylic acids is 1. The van der Waals surface area contributed by atoms with Crippen LogP contribution >= 0.6 is 11.6 Å². The van der Waals surface area contributed by atoms with Crippen LogP contribution in [0.25, 0.3) is 0 Å². The molecule has 0 saturated heterocycles. The van der Waals surface area contributed by atoms with Gasteiger partial charge in [0.1, 0.15) is 0 Å². The summed E-state index contributed by atoms with van der Waals surface area (Å²) in [7, 11) is 0. The van der Waals surface area contributed by atoms with E-state index >= 15 is 0 Å². The van der Waals surface area contributed by atoms with Crippen LogP contribution in [-0.2, 0) is 4.79 Å². The SMILES string of the molecule is CCC(C(=O)O)N(N=O)c1ccc(Cl)cc1. The zero-order valence-electron chi connectivity index (χ0n) is 8.63. The summed E-state index contributed by atoms with van der Waals surface area (Å²) >= 11 is 5.69. The molecule has 0 spiro atoms. The Kier molecular flexibility index (Phi) is 4.25. The number of nitroso groups, excluding NO2 is 1. The lowest BCUT2D eigenvalue weighted by atomic mass is 10.2. The van der Waals surface area contributed by atoms with Gasteiger partial charge in [-0.3, -0.25) is 0 Å². The second-order valence-corrected chi connectivity index (χ2v) is 3.60. The first-order chi connectivity index (χ1) is 7.60. The van der Waals surface area contributed by atoms with Gasteiger partial charge in [0.15, 0.2) is 6.04 Å². The minimum absolute atomic E-state index is 0.281. The number of hydrogen-bond acceptors (Lipinski definition) is 3. The lowest BCUT2D eigenvalue weighted by molar-refractivity contribution is -0.138. The molecule has 0 saturated carbocycles. The van der Waals surface area contributed by atoms with E-state index in [9.17, 15) is 9.70 Å². The van der Waals surface area contributed by atoms with Gasteiger partial charge in [-0.2, -0.15) is 0 Å². The van der Waals surface area contributed by atoms with Gasteiger partial charge >= 0.3 is 5.97 Å². The third-order valence-corrected chi connectivity index (χ3v) is 2.40. The van der Waals surface area contributed by atoms with E-state index in [0.29, 0.717) is 10.7 Å². The molecule has 0 heterocycles. The summed E-state index contributed by atoms with van der Waals surface area (Å²) in [5.74, 6) is -1.09. The summed E-state index contributed by atoms with van der Waals surface area (Å²) in [5, 5.41) is 13.1. The number of carboxylic acids is 1. The molecule has 0 radical (unpaired) electrons. The van der Waals surface area contributed by atoms with Crippen molar-refractivity contribution in [2.24, 2.45) is 5.29 Å². The van der Waals surface area contributed by atoms with Crippen molar-refractivity contribution in [2.75, 3.05) is 5.01 Å². The van der Waals surface area contributed by atoms with Gasteiger partial charge in [-0.05, 0) is 30.7 Å². The minimum Gasteiger partial charge on any atom is -0.480 e. The fourth-order valence-corrected chi connectivity index (χ4v) is 1.46. The second kappa shape index (κ2) is 5.46. The average molecular weight is 243 g/mol. The molecule has 86 valence electrons. The van der Waals surface area contributed by atoms with E-state index in [4.69, 9.17) is 16.7 Å². The van der Waals surface area contributed by atoms with Crippen molar-refractivity contribution in [2.45, 2.75) is 19.4 Å². The van der Waals surface area contributed by atoms with Crippen LogP contribution in [0.4, 0.5) is 5.69 Å². The Balaban J connectivity index is 3.01. The van der Waals surface area contributed by atoms with Crippen LogP contribution in [0.3, 0.4) is 0 Å². The van der Waals surface area contributed by atoms with Crippen molar-refractivity contribution in [1.82, 2.24) is 0 Å². The second-order valence-electron chi connectivity index (χ2n) is 3.16. The number of halogens is 1. The molecule has 1 unspecified atom stereocenters. The molecule has 0 aliphatic carbocycles. The monoisotopic (exact) mass is 242 g/mol. The smallest absolute Gasteiger partial charge is 0.328 e. The molecule has 0 bridgehead atoms. The molecule has 1 N–H and O–H groups in total. The molecule has 0 aliphatic rings. The Morgan fingerprint density at radius 2 is 2.06 bits per heavy atom. The molecular weight excluding hydrogens is 232 g/mol. The highest BCUT2D eigenvalue weighted by atomic mass is 35.5. The van der Waals surface area contributed by atoms with Crippen molar-refractivity contribution < 1.29 is 9.90 Å². The Morgan fingerprint density at radius 1 is 1.50 bits per heavy atom. The van der Waals surface area contributed by atoms with Crippen LogP contribution in [0, 0.1) is 4.91 Å². The first-order valence-corrected chi connectivity index (χ1v) is 5.08. The fourth-order valence-electron chi connectivity index (χ4n) is 1.33. The molecule has 1 rings (SSSR count). The van der Waals surface area contributed by atoms with E-state index in [-0.39, 0.29) is 6.42 Å². The highest BCUT2D eigenvalue weighted by Gasteiger charge is 2.25. The summed E-state index contributed by atoms with van der Waals surface area (Å²) in [6.45, 7) is 1.67.